The monoisotopic (exact) mass is 294 g/mol. The summed E-state index contributed by atoms with van der Waals surface area (Å²) in [6.07, 6.45) is 1.29. The third kappa shape index (κ3) is 1.64. The highest BCUT2D eigenvalue weighted by Gasteiger charge is 2.50. The Morgan fingerprint density at radius 1 is 1.50 bits per heavy atom. The van der Waals surface area contributed by atoms with Gasteiger partial charge >= 0.3 is 0 Å². The molecule has 1 N–H and O–H groups in total. The molecule has 110 valence electrons. The summed E-state index contributed by atoms with van der Waals surface area (Å²) in [6.45, 7) is 9.47. The molecule has 1 saturated carbocycles. The number of nitrogens with zero attached hydrogens (tertiary/aromatic N) is 3. The molecule has 5 nitrogen and oxygen atoms in total. The van der Waals surface area contributed by atoms with Crippen LogP contribution in [0.15, 0.2) is 0 Å². The van der Waals surface area contributed by atoms with Crippen molar-refractivity contribution in [2.24, 2.45) is 5.41 Å². The Morgan fingerprint density at radius 3 is 2.75 bits per heavy atom. The molecule has 1 fully saturated rings. The summed E-state index contributed by atoms with van der Waals surface area (Å²) < 4.78 is 10.6. The minimum Gasteiger partial charge on any atom is -0.381 e. The van der Waals surface area contributed by atoms with Crippen molar-refractivity contribution in [3.63, 3.8) is 0 Å². The highest BCUT2D eigenvalue weighted by molar-refractivity contribution is 7.71. The van der Waals surface area contributed by atoms with Gasteiger partial charge in [-0.05, 0) is 32.5 Å². The first-order chi connectivity index (χ1) is 9.41. The molecule has 0 amide bonds. The van der Waals surface area contributed by atoms with Gasteiger partial charge in [0.25, 0.3) is 0 Å². The zero-order valence-corrected chi connectivity index (χ0v) is 13.5. The molecule has 2 aromatic rings. The van der Waals surface area contributed by atoms with Gasteiger partial charge in [-0.25, -0.2) is 4.68 Å². The number of methoxy groups -OCH3 is 1. The summed E-state index contributed by atoms with van der Waals surface area (Å²) in [5.41, 5.74) is 3.27. The van der Waals surface area contributed by atoms with E-state index in [4.69, 9.17) is 17.0 Å². The lowest BCUT2D eigenvalue weighted by Gasteiger charge is -2.51. The Hall–Kier alpha value is -1.14. The molecule has 1 aliphatic carbocycles. The van der Waals surface area contributed by atoms with Crippen LogP contribution in [0.1, 0.15) is 38.9 Å². The number of ether oxygens (including phenoxy) is 1. The molecular weight excluding hydrogens is 272 g/mol. The fourth-order valence-electron chi connectivity index (χ4n) is 3.44. The Balaban J connectivity index is 2.18. The number of H-pyrrole nitrogens is 1. The van der Waals surface area contributed by atoms with Gasteiger partial charge in [-0.1, -0.05) is 13.8 Å². The average molecular weight is 294 g/mol. The third-order valence-corrected chi connectivity index (χ3v) is 5.10. The van der Waals surface area contributed by atoms with Crippen LogP contribution in [0.2, 0.25) is 0 Å². The molecule has 0 saturated heterocycles. The van der Waals surface area contributed by atoms with E-state index in [1.165, 1.54) is 0 Å². The van der Waals surface area contributed by atoms with Crippen LogP contribution in [-0.2, 0) is 11.3 Å². The number of aromatic amines is 1. The van der Waals surface area contributed by atoms with E-state index >= 15 is 0 Å². The smallest absolute Gasteiger partial charge is 0.179 e. The molecule has 1 aliphatic rings. The summed E-state index contributed by atoms with van der Waals surface area (Å²) in [7, 11) is 1.79. The normalized spacial score (nSPS) is 25.1. The Kier molecular flexibility index (Phi) is 3.06. The molecule has 2 atom stereocenters. The fraction of sp³-hybridized carbons (Fsp3) is 0.714. The van der Waals surface area contributed by atoms with Gasteiger partial charge in [0, 0.05) is 25.1 Å². The van der Waals surface area contributed by atoms with Gasteiger partial charge in [-0.15, -0.1) is 0 Å². The van der Waals surface area contributed by atoms with E-state index in [-0.39, 0.29) is 5.41 Å². The Bertz CT molecular complexity index is 709. The van der Waals surface area contributed by atoms with Crippen molar-refractivity contribution in [1.29, 1.82) is 0 Å². The molecule has 0 aromatic carbocycles. The SMILES string of the molecule is CCn1nc(C)c2[nH]c(=S)n(C3CC(OC)C3(C)C)c21. The summed E-state index contributed by atoms with van der Waals surface area (Å²) >= 11 is 5.55. The lowest BCUT2D eigenvalue weighted by molar-refractivity contribution is -0.112. The number of aromatic nitrogens is 4. The van der Waals surface area contributed by atoms with Crippen LogP contribution >= 0.6 is 12.2 Å². The Morgan fingerprint density at radius 2 is 2.20 bits per heavy atom. The van der Waals surface area contributed by atoms with E-state index in [2.05, 4.69) is 35.4 Å². The van der Waals surface area contributed by atoms with Crippen LogP contribution in [0.25, 0.3) is 11.2 Å². The van der Waals surface area contributed by atoms with Gasteiger partial charge in [0.1, 0.15) is 5.52 Å². The Labute approximate surface area is 123 Å². The molecular formula is C14H22N4OS. The zero-order valence-electron chi connectivity index (χ0n) is 12.7. The summed E-state index contributed by atoms with van der Waals surface area (Å²) in [6, 6.07) is 0.357. The van der Waals surface area contributed by atoms with Crippen molar-refractivity contribution in [1.82, 2.24) is 19.3 Å². The lowest BCUT2D eigenvalue weighted by atomic mass is 9.64. The van der Waals surface area contributed by atoms with Crippen molar-refractivity contribution in [3.8, 4) is 0 Å². The quantitative estimate of drug-likeness (QED) is 0.884. The second-order valence-electron chi connectivity index (χ2n) is 6.20. The number of fused-ring (bicyclic) bond motifs is 1. The minimum absolute atomic E-state index is 0.0822. The molecule has 3 rings (SSSR count). The predicted molar refractivity (Wildman–Crippen MR) is 81.6 cm³/mol. The van der Waals surface area contributed by atoms with Gasteiger partial charge in [-0.2, -0.15) is 5.10 Å². The predicted octanol–water partition coefficient (Wildman–Crippen LogP) is 3.21. The third-order valence-electron chi connectivity index (χ3n) is 4.80. The first-order valence-electron chi connectivity index (χ1n) is 7.12. The largest absolute Gasteiger partial charge is 0.381 e. The van der Waals surface area contributed by atoms with Crippen molar-refractivity contribution in [3.05, 3.63) is 10.5 Å². The molecule has 6 heteroatoms. The van der Waals surface area contributed by atoms with Gasteiger partial charge < -0.3 is 9.72 Å². The number of hydrogen-bond donors (Lipinski definition) is 1. The van der Waals surface area contributed by atoms with E-state index < -0.39 is 0 Å². The van der Waals surface area contributed by atoms with Crippen molar-refractivity contribution in [2.75, 3.05) is 7.11 Å². The highest BCUT2D eigenvalue weighted by Crippen LogP contribution is 2.52. The van der Waals surface area contributed by atoms with E-state index in [0.29, 0.717) is 12.1 Å². The van der Waals surface area contributed by atoms with E-state index in [0.717, 1.165) is 34.6 Å². The topological polar surface area (TPSA) is 47.8 Å². The second-order valence-corrected chi connectivity index (χ2v) is 6.58. The molecule has 0 aliphatic heterocycles. The number of hydrogen-bond acceptors (Lipinski definition) is 3. The van der Waals surface area contributed by atoms with Crippen LogP contribution in [0, 0.1) is 17.1 Å². The number of rotatable bonds is 3. The molecule has 2 unspecified atom stereocenters. The summed E-state index contributed by atoms with van der Waals surface area (Å²) in [5.74, 6) is 0. The van der Waals surface area contributed by atoms with Crippen molar-refractivity contribution < 1.29 is 4.74 Å². The number of nitrogens with one attached hydrogen (secondary N) is 1. The maximum absolute atomic E-state index is 5.56. The number of aryl methyl sites for hydroxylation is 2. The van der Waals surface area contributed by atoms with Gasteiger partial charge in [0.15, 0.2) is 10.4 Å². The molecule has 0 bridgehead atoms. The van der Waals surface area contributed by atoms with E-state index in [1.54, 1.807) is 7.11 Å². The van der Waals surface area contributed by atoms with Gasteiger partial charge in [0.05, 0.1) is 11.8 Å². The van der Waals surface area contributed by atoms with Crippen LogP contribution in [0.3, 0.4) is 0 Å². The van der Waals surface area contributed by atoms with Crippen molar-refractivity contribution >= 4 is 23.4 Å². The number of imidazole rings is 1. The molecule has 0 spiro atoms. The fourth-order valence-corrected chi connectivity index (χ4v) is 3.75. The molecule has 0 radical (unpaired) electrons. The molecule has 2 heterocycles. The molecule has 2 aromatic heterocycles. The minimum atomic E-state index is 0.0822. The zero-order chi connectivity index (χ0) is 14.7. The van der Waals surface area contributed by atoms with Crippen LogP contribution in [0.4, 0.5) is 0 Å². The van der Waals surface area contributed by atoms with Crippen LogP contribution in [0.5, 0.6) is 0 Å². The molecule has 20 heavy (non-hydrogen) atoms. The van der Waals surface area contributed by atoms with Gasteiger partial charge in [-0.3, -0.25) is 4.57 Å². The first kappa shape index (κ1) is 13.8. The van der Waals surface area contributed by atoms with Crippen LogP contribution in [-0.4, -0.2) is 32.5 Å². The maximum atomic E-state index is 5.56. The van der Waals surface area contributed by atoms with Crippen molar-refractivity contribution in [2.45, 2.75) is 52.8 Å². The lowest BCUT2D eigenvalue weighted by Crippen LogP contribution is -2.51. The van der Waals surface area contributed by atoms with Gasteiger partial charge in [0.2, 0.25) is 0 Å². The summed E-state index contributed by atoms with van der Waals surface area (Å²) in [4.78, 5) is 3.32. The summed E-state index contributed by atoms with van der Waals surface area (Å²) in [5, 5.41) is 4.58. The average Bonchev–Trinajstić information content (AvgIpc) is 2.87. The highest BCUT2D eigenvalue weighted by atomic mass is 32.1. The first-order valence-corrected chi connectivity index (χ1v) is 7.53. The maximum Gasteiger partial charge on any atom is 0.179 e. The van der Waals surface area contributed by atoms with E-state index in [1.807, 2.05) is 11.6 Å². The second kappa shape index (κ2) is 4.43. The van der Waals surface area contributed by atoms with Crippen LogP contribution < -0.4 is 0 Å². The van der Waals surface area contributed by atoms with E-state index in [9.17, 15) is 0 Å². The standard InChI is InChI=1S/C14H22N4OS/c1-6-17-12-11(8(2)16-17)15-13(20)18(12)9-7-10(19-5)14(9,3)4/h9-10H,6-7H2,1-5H3,(H,15,20).